The van der Waals surface area contributed by atoms with Crippen LogP contribution in [0.15, 0.2) is 23.7 Å². The lowest BCUT2D eigenvalue weighted by atomic mass is 10.0. The highest BCUT2D eigenvalue weighted by atomic mass is 16.5. The van der Waals surface area contributed by atoms with Crippen LogP contribution in [0, 0.1) is 0 Å². The highest BCUT2D eigenvalue weighted by molar-refractivity contribution is 5.93. The Bertz CT molecular complexity index is 614. The van der Waals surface area contributed by atoms with Gasteiger partial charge >= 0.3 is 0 Å². The molecule has 0 unspecified atom stereocenters. The molecule has 0 aromatic carbocycles. The zero-order valence-corrected chi connectivity index (χ0v) is 14.9. The van der Waals surface area contributed by atoms with Crippen molar-refractivity contribution < 1.29 is 9.53 Å². The smallest absolute Gasteiger partial charge is 0.246 e. The quantitative estimate of drug-likeness (QED) is 0.854. The van der Waals surface area contributed by atoms with Gasteiger partial charge in [-0.2, -0.15) is 0 Å². The minimum atomic E-state index is -0.0653. The van der Waals surface area contributed by atoms with Gasteiger partial charge < -0.3 is 14.6 Å². The third kappa shape index (κ3) is 3.54. The van der Waals surface area contributed by atoms with Gasteiger partial charge in [-0.15, -0.1) is 0 Å². The molecule has 3 rings (SSSR count). The molecule has 2 atom stereocenters. The number of hydrogen-bond donors (Lipinski definition) is 1. The number of ether oxygens (including phenoxy) is 1. The molecule has 1 aromatic rings. The molecule has 1 saturated heterocycles. The van der Waals surface area contributed by atoms with Crippen molar-refractivity contribution in [2.45, 2.75) is 44.8 Å². The number of carbonyl (C=O) groups excluding carboxylic acids is 1. The summed E-state index contributed by atoms with van der Waals surface area (Å²) in [7, 11) is 4.09. The fourth-order valence-electron chi connectivity index (χ4n) is 3.76. The second kappa shape index (κ2) is 7.49. The van der Waals surface area contributed by atoms with Crippen molar-refractivity contribution in [1.82, 2.24) is 19.8 Å². The first-order chi connectivity index (χ1) is 11.6. The average molecular weight is 332 g/mol. The number of carbonyl (C=O) groups is 1. The highest BCUT2D eigenvalue weighted by Crippen LogP contribution is 2.28. The topological polar surface area (TPSA) is 59.4 Å². The highest BCUT2D eigenvalue weighted by Gasteiger charge is 2.33. The number of allylic oxidation sites excluding steroid dienone is 1. The summed E-state index contributed by atoms with van der Waals surface area (Å²) in [6.07, 6.45) is 8.18. The van der Waals surface area contributed by atoms with Crippen LogP contribution in [0.1, 0.15) is 44.3 Å². The number of hydrogen-bond acceptors (Lipinski definition) is 4. The number of likely N-dealkylation sites (N-methyl/N-ethyl adjacent to an activating group) is 1. The maximum atomic E-state index is 12.5. The molecule has 1 amide bonds. The summed E-state index contributed by atoms with van der Waals surface area (Å²) in [6.45, 7) is 4.03. The largest absolute Gasteiger partial charge is 0.373 e. The van der Waals surface area contributed by atoms with Crippen LogP contribution in [0.3, 0.4) is 0 Å². The molecular formula is C18H28N4O2. The summed E-state index contributed by atoms with van der Waals surface area (Å²) in [6, 6.07) is 0.103. The molecule has 2 heterocycles. The van der Waals surface area contributed by atoms with Crippen LogP contribution in [-0.2, 0) is 16.6 Å². The lowest BCUT2D eigenvalue weighted by Crippen LogP contribution is -2.49. The normalized spacial score (nSPS) is 25.0. The van der Waals surface area contributed by atoms with Crippen LogP contribution < -0.4 is 5.32 Å². The zero-order valence-electron chi connectivity index (χ0n) is 14.9. The van der Waals surface area contributed by atoms with E-state index >= 15 is 0 Å². The number of rotatable bonds is 4. The first kappa shape index (κ1) is 17.2. The van der Waals surface area contributed by atoms with Gasteiger partial charge in [0.15, 0.2) is 0 Å². The maximum absolute atomic E-state index is 12.5. The van der Waals surface area contributed by atoms with E-state index in [9.17, 15) is 4.79 Å². The average Bonchev–Trinajstić information content (AvgIpc) is 3.24. The summed E-state index contributed by atoms with van der Waals surface area (Å²) in [5.41, 5.74) is 3.33. The predicted octanol–water partition coefficient (Wildman–Crippen LogP) is 1.80. The molecule has 1 saturated carbocycles. The predicted molar refractivity (Wildman–Crippen MR) is 92.5 cm³/mol. The number of morpholine rings is 1. The van der Waals surface area contributed by atoms with E-state index in [1.54, 1.807) is 0 Å². The van der Waals surface area contributed by atoms with E-state index in [1.807, 2.05) is 31.1 Å². The number of imidazole rings is 1. The lowest BCUT2D eigenvalue weighted by Gasteiger charge is -2.39. The van der Waals surface area contributed by atoms with E-state index in [2.05, 4.69) is 22.2 Å². The van der Waals surface area contributed by atoms with Gasteiger partial charge in [0.05, 0.1) is 30.8 Å². The molecule has 1 N–H and O–H groups in total. The van der Waals surface area contributed by atoms with Crippen LogP contribution in [0.2, 0.25) is 0 Å². The van der Waals surface area contributed by atoms with E-state index in [1.165, 1.54) is 18.4 Å². The van der Waals surface area contributed by atoms with Crippen LogP contribution in [0.25, 0.3) is 0 Å². The van der Waals surface area contributed by atoms with Gasteiger partial charge in [-0.3, -0.25) is 9.69 Å². The van der Waals surface area contributed by atoms with E-state index in [0.717, 1.165) is 30.7 Å². The molecule has 0 radical (unpaired) electrons. The molecule has 24 heavy (non-hydrogen) atoms. The summed E-state index contributed by atoms with van der Waals surface area (Å²) in [5, 5.41) is 3.08. The van der Waals surface area contributed by atoms with Crippen LogP contribution >= 0.6 is 0 Å². The van der Waals surface area contributed by atoms with Crippen LogP contribution in [-0.4, -0.2) is 53.2 Å². The molecular weight excluding hydrogens is 304 g/mol. The van der Waals surface area contributed by atoms with E-state index in [-0.39, 0.29) is 18.1 Å². The third-order valence-electron chi connectivity index (χ3n) is 5.30. The fourth-order valence-corrected chi connectivity index (χ4v) is 3.76. The zero-order chi connectivity index (χ0) is 17.1. The van der Waals surface area contributed by atoms with Crippen molar-refractivity contribution in [2.75, 3.05) is 26.7 Å². The van der Waals surface area contributed by atoms with Crippen molar-refractivity contribution >= 4 is 5.91 Å². The Hall–Kier alpha value is -1.66. The van der Waals surface area contributed by atoms with Crippen LogP contribution in [0.5, 0.6) is 0 Å². The third-order valence-corrected chi connectivity index (χ3v) is 5.30. The van der Waals surface area contributed by atoms with Gasteiger partial charge in [0.25, 0.3) is 0 Å². The summed E-state index contributed by atoms with van der Waals surface area (Å²) < 4.78 is 8.01. The van der Waals surface area contributed by atoms with Crippen LogP contribution in [0.4, 0.5) is 0 Å². The Labute approximate surface area is 143 Å². The Balaban J connectivity index is 1.67. The van der Waals surface area contributed by atoms with Gasteiger partial charge in [-0.05, 0) is 39.7 Å². The molecule has 1 aliphatic heterocycles. The van der Waals surface area contributed by atoms with Gasteiger partial charge in [0, 0.05) is 31.9 Å². The van der Waals surface area contributed by atoms with Crippen molar-refractivity contribution in [3.8, 4) is 0 Å². The van der Waals surface area contributed by atoms with Gasteiger partial charge in [0.2, 0.25) is 5.91 Å². The lowest BCUT2D eigenvalue weighted by molar-refractivity contribution is -0.119. The molecule has 2 fully saturated rings. The molecule has 2 aliphatic rings. The number of amides is 1. The number of nitrogens with one attached hydrogen (secondary N) is 1. The minimum absolute atomic E-state index is 0.0486. The van der Waals surface area contributed by atoms with E-state index < -0.39 is 0 Å². The second-order valence-corrected chi connectivity index (χ2v) is 6.91. The number of aromatic nitrogens is 2. The van der Waals surface area contributed by atoms with E-state index in [0.29, 0.717) is 13.2 Å². The van der Waals surface area contributed by atoms with Gasteiger partial charge in [-0.1, -0.05) is 5.57 Å². The summed E-state index contributed by atoms with van der Waals surface area (Å²) in [4.78, 5) is 19.0. The van der Waals surface area contributed by atoms with E-state index in [4.69, 9.17) is 4.74 Å². The minimum Gasteiger partial charge on any atom is -0.373 e. The van der Waals surface area contributed by atoms with Crippen molar-refractivity contribution in [3.63, 3.8) is 0 Å². The summed E-state index contributed by atoms with van der Waals surface area (Å²) >= 11 is 0. The molecule has 0 bridgehead atoms. The Kier molecular flexibility index (Phi) is 5.36. The molecule has 132 valence electrons. The second-order valence-electron chi connectivity index (χ2n) is 6.91. The molecule has 6 heteroatoms. The van der Waals surface area contributed by atoms with Gasteiger partial charge in [-0.25, -0.2) is 4.98 Å². The molecule has 0 spiro atoms. The molecule has 6 nitrogen and oxygen atoms in total. The van der Waals surface area contributed by atoms with Gasteiger partial charge in [0.1, 0.15) is 0 Å². The fraction of sp³-hybridized carbons (Fsp3) is 0.667. The summed E-state index contributed by atoms with van der Waals surface area (Å²) in [5.74, 6) is 0.0486. The molecule has 1 aliphatic carbocycles. The van der Waals surface area contributed by atoms with Crippen molar-refractivity contribution in [3.05, 3.63) is 29.4 Å². The number of aryl methyl sites for hydroxylation is 1. The monoisotopic (exact) mass is 332 g/mol. The Morgan fingerprint density at radius 2 is 2.12 bits per heavy atom. The van der Waals surface area contributed by atoms with Crippen molar-refractivity contribution in [2.24, 2.45) is 7.05 Å². The Morgan fingerprint density at radius 3 is 2.79 bits per heavy atom. The Morgan fingerprint density at radius 1 is 1.38 bits per heavy atom. The van der Waals surface area contributed by atoms with Crippen molar-refractivity contribution in [1.29, 1.82) is 0 Å². The molecule has 1 aromatic heterocycles. The SMILES string of the molecule is CC(C(=O)NC[C@@H]1OCCN(C)[C@H]1c1cncn1C)=C1CCCC1. The number of nitrogens with zero attached hydrogens (tertiary/aromatic N) is 3. The standard InChI is InChI=1S/C18H28N4O2/c1-13(14-6-4-5-7-14)18(23)20-11-16-17(21(2)8-9-24-16)15-10-19-12-22(15)3/h10,12,16-17H,4-9,11H2,1-3H3,(H,20,23)/t16-,17-/m0/s1. The first-order valence-electron chi connectivity index (χ1n) is 8.83. The first-order valence-corrected chi connectivity index (χ1v) is 8.83. The maximum Gasteiger partial charge on any atom is 0.246 e.